The molecule has 0 aromatic carbocycles. The van der Waals surface area contributed by atoms with Gasteiger partial charge in [-0.05, 0) is 22.0 Å². The first kappa shape index (κ1) is 11.4. The number of nitrogens with zero attached hydrogens (tertiary/aromatic N) is 1. The zero-order valence-corrected chi connectivity index (χ0v) is 9.53. The maximum absolute atomic E-state index is 5.54. The fraction of sp³-hybridized carbons (Fsp3) is 0.444. The van der Waals surface area contributed by atoms with Crippen LogP contribution >= 0.6 is 15.9 Å². The van der Waals surface area contributed by atoms with Crippen molar-refractivity contribution in [2.24, 2.45) is 5.73 Å². The van der Waals surface area contributed by atoms with Gasteiger partial charge in [0.15, 0.2) is 0 Å². The van der Waals surface area contributed by atoms with Crippen LogP contribution in [0.1, 0.15) is 0 Å². The highest BCUT2D eigenvalue weighted by Crippen LogP contribution is 2.16. The predicted octanol–water partition coefficient (Wildman–Crippen LogP) is 1.20. The summed E-state index contributed by atoms with van der Waals surface area (Å²) >= 11 is 3.31. The number of aromatic nitrogens is 1. The molecule has 0 aliphatic heterocycles. The third-order valence-corrected chi connectivity index (χ3v) is 2.03. The Labute approximate surface area is 91.5 Å². The number of ether oxygens (including phenoxy) is 2. The van der Waals surface area contributed by atoms with E-state index in [1.807, 2.05) is 6.07 Å². The normalized spacial score (nSPS) is 12.5. The van der Waals surface area contributed by atoms with E-state index in [1.54, 1.807) is 19.5 Å². The molecule has 1 atom stereocenters. The average Bonchev–Trinajstić information content (AvgIpc) is 2.17. The molecular weight excluding hydrogens is 248 g/mol. The summed E-state index contributed by atoms with van der Waals surface area (Å²) in [6.07, 6.45) is 3.21. The lowest BCUT2D eigenvalue weighted by molar-refractivity contribution is 0.0857. The molecule has 0 spiro atoms. The zero-order chi connectivity index (χ0) is 10.4. The number of methoxy groups -OCH3 is 1. The summed E-state index contributed by atoms with van der Waals surface area (Å²) in [5, 5.41) is 0. The van der Waals surface area contributed by atoms with Crippen molar-refractivity contribution in [2.45, 2.75) is 6.10 Å². The van der Waals surface area contributed by atoms with Crippen LogP contribution in [0.4, 0.5) is 0 Å². The predicted molar refractivity (Wildman–Crippen MR) is 57.3 cm³/mol. The Morgan fingerprint density at radius 2 is 2.36 bits per heavy atom. The highest BCUT2D eigenvalue weighted by molar-refractivity contribution is 9.10. The second kappa shape index (κ2) is 5.95. The first-order chi connectivity index (χ1) is 6.76. The topological polar surface area (TPSA) is 57.4 Å². The van der Waals surface area contributed by atoms with Crippen LogP contribution in [0.5, 0.6) is 5.75 Å². The van der Waals surface area contributed by atoms with Gasteiger partial charge in [0.25, 0.3) is 0 Å². The molecule has 0 bridgehead atoms. The van der Waals surface area contributed by atoms with E-state index < -0.39 is 0 Å². The molecule has 1 rings (SSSR count). The Balaban J connectivity index is 2.57. The van der Waals surface area contributed by atoms with E-state index in [4.69, 9.17) is 15.2 Å². The molecule has 1 aromatic heterocycles. The summed E-state index contributed by atoms with van der Waals surface area (Å²) in [7, 11) is 1.62. The Hall–Kier alpha value is -0.650. The van der Waals surface area contributed by atoms with Gasteiger partial charge in [0.2, 0.25) is 0 Å². The molecule has 1 heterocycles. The fourth-order valence-electron chi connectivity index (χ4n) is 0.985. The zero-order valence-electron chi connectivity index (χ0n) is 7.94. The van der Waals surface area contributed by atoms with E-state index in [2.05, 4.69) is 20.9 Å². The molecule has 0 aliphatic rings. The van der Waals surface area contributed by atoms with Gasteiger partial charge in [-0.2, -0.15) is 0 Å². The summed E-state index contributed by atoms with van der Waals surface area (Å²) in [4.78, 5) is 3.98. The molecule has 4 nitrogen and oxygen atoms in total. The van der Waals surface area contributed by atoms with Crippen molar-refractivity contribution in [3.05, 3.63) is 22.9 Å². The second-order valence-corrected chi connectivity index (χ2v) is 3.69. The molecule has 0 saturated heterocycles. The monoisotopic (exact) mass is 260 g/mol. The lowest BCUT2D eigenvalue weighted by atomic mass is 10.3. The first-order valence-electron chi connectivity index (χ1n) is 4.22. The second-order valence-electron chi connectivity index (χ2n) is 2.77. The Morgan fingerprint density at radius 3 is 2.93 bits per heavy atom. The molecule has 1 unspecified atom stereocenters. The van der Waals surface area contributed by atoms with Crippen LogP contribution in [0.2, 0.25) is 0 Å². The van der Waals surface area contributed by atoms with Crippen LogP contribution in [-0.2, 0) is 4.74 Å². The minimum atomic E-state index is -0.129. The summed E-state index contributed by atoms with van der Waals surface area (Å²) in [6, 6.07) is 1.84. The number of pyridine rings is 1. The molecule has 1 aromatic rings. The summed E-state index contributed by atoms with van der Waals surface area (Å²) in [5.41, 5.74) is 5.51. The molecule has 2 N–H and O–H groups in total. The van der Waals surface area contributed by atoms with Gasteiger partial charge in [-0.1, -0.05) is 0 Å². The van der Waals surface area contributed by atoms with Gasteiger partial charge in [0, 0.05) is 24.3 Å². The first-order valence-corrected chi connectivity index (χ1v) is 5.01. The van der Waals surface area contributed by atoms with Gasteiger partial charge in [0.1, 0.15) is 11.9 Å². The molecular formula is C9H13BrN2O2. The highest BCUT2D eigenvalue weighted by atomic mass is 79.9. The molecule has 14 heavy (non-hydrogen) atoms. The van der Waals surface area contributed by atoms with Crippen molar-refractivity contribution < 1.29 is 9.47 Å². The van der Waals surface area contributed by atoms with Crippen molar-refractivity contribution in [1.82, 2.24) is 4.98 Å². The highest BCUT2D eigenvalue weighted by Gasteiger charge is 2.07. The van der Waals surface area contributed by atoms with Gasteiger partial charge >= 0.3 is 0 Å². The quantitative estimate of drug-likeness (QED) is 0.865. The lowest BCUT2D eigenvalue weighted by Crippen LogP contribution is -2.31. The minimum Gasteiger partial charge on any atom is -0.485 e. The Bertz CT molecular complexity index is 283. The van der Waals surface area contributed by atoms with Crippen LogP contribution in [0.25, 0.3) is 0 Å². The third kappa shape index (κ3) is 3.61. The summed E-state index contributed by atoms with van der Waals surface area (Å²) in [5.74, 6) is 0.687. The van der Waals surface area contributed by atoms with Crippen molar-refractivity contribution in [2.75, 3.05) is 20.3 Å². The van der Waals surface area contributed by atoms with Gasteiger partial charge in [-0.15, -0.1) is 0 Å². The molecule has 0 fully saturated rings. The maximum atomic E-state index is 5.54. The number of rotatable bonds is 5. The van der Waals surface area contributed by atoms with Gasteiger partial charge in [-0.25, -0.2) is 0 Å². The van der Waals surface area contributed by atoms with Gasteiger partial charge in [0.05, 0.1) is 12.8 Å². The van der Waals surface area contributed by atoms with Gasteiger partial charge in [-0.3, -0.25) is 4.98 Å². The minimum absolute atomic E-state index is 0.129. The number of hydrogen-bond acceptors (Lipinski definition) is 4. The van der Waals surface area contributed by atoms with Crippen LogP contribution in [0.3, 0.4) is 0 Å². The van der Waals surface area contributed by atoms with E-state index in [-0.39, 0.29) is 6.10 Å². The van der Waals surface area contributed by atoms with Gasteiger partial charge < -0.3 is 15.2 Å². The smallest absolute Gasteiger partial charge is 0.139 e. The van der Waals surface area contributed by atoms with E-state index in [0.717, 1.165) is 4.47 Å². The van der Waals surface area contributed by atoms with Crippen LogP contribution < -0.4 is 10.5 Å². The van der Waals surface area contributed by atoms with Crippen molar-refractivity contribution in [1.29, 1.82) is 0 Å². The van der Waals surface area contributed by atoms with E-state index in [9.17, 15) is 0 Å². The third-order valence-electron chi connectivity index (χ3n) is 1.60. The van der Waals surface area contributed by atoms with Crippen LogP contribution in [0.15, 0.2) is 22.9 Å². The van der Waals surface area contributed by atoms with E-state index in [0.29, 0.717) is 18.9 Å². The summed E-state index contributed by atoms with van der Waals surface area (Å²) < 4.78 is 11.4. The Kier molecular flexibility index (Phi) is 4.86. The lowest BCUT2D eigenvalue weighted by Gasteiger charge is -2.15. The molecule has 0 amide bonds. The van der Waals surface area contributed by atoms with Crippen molar-refractivity contribution in [3.63, 3.8) is 0 Å². The number of nitrogens with two attached hydrogens (primary N) is 1. The van der Waals surface area contributed by atoms with E-state index >= 15 is 0 Å². The number of hydrogen-bond donors (Lipinski definition) is 1. The molecule has 0 saturated carbocycles. The molecule has 5 heteroatoms. The SMILES string of the molecule is COCC(CN)Oc1cncc(Br)c1. The summed E-state index contributed by atoms with van der Waals surface area (Å²) in [6.45, 7) is 0.892. The standard InChI is InChI=1S/C9H13BrN2O2/c1-13-6-9(3-11)14-8-2-7(10)4-12-5-8/h2,4-5,9H,3,6,11H2,1H3. The van der Waals surface area contributed by atoms with Crippen molar-refractivity contribution in [3.8, 4) is 5.75 Å². The maximum Gasteiger partial charge on any atom is 0.139 e. The average molecular weight is 261 g/mol. The number of halogens is 1. The molecule has 0 aliphatic carbocycles. The fourth-order valence-corrected chi connectivity index (χ4v) is 1.33. The molecule has 0 radical (unpaired) electrons. The van der Waals surface area contributed by atoms with Crippen molar-refractivity contribution >= 4 is 15.9 Å². The van der Waals surface area contributed by atoms with Crippen LogP contribution in [0, 0.1) is 0 Å². The van der Waals surface area contributed by atoms with E-state index in [1.165, 1.54) is 0 Å². The van der Waals surface area contributed by atoms with Crippen LogP contribution in [-0.4, -0.2) is 31.3 Å². The molecule has 78 valence electrons. The Morgan fingerprint density at radius 1 is 1.57 bits per heavy atom. The largest absolute Gasteiger partial charge is 0.485 e.